The van der Waals surface area contributed by atoms with Crippen LogP contribution >= 0.6 is 0 Å². The van der Waals surface area contributed by atoms with E-state index in [2.05, 4.69) is 46.7 Å². The maximum absolute atomic E-state index is 5.41. The van der Waals surface area contributed by atoms with Crippen molar-refractivity contribution in [2.75, 3.05) is 39.2 Å². The highest BCUT2D eigenvalue weighted by Gasteiger charge is 2.12. The van der Waals surface area contributed by atoms with Crippen LogP contribution in [-0.4, -0.2) is 44.7 Å². The van der Waals surface area contributed by atoms with Gasteiger partial charge in [-0.05, 0) is 56.1 Å². The van der Waals surface area contributed by atoms with Crippen molar-refractivity contribution in [2.24, 2.45) is 4.99 Å². The first-order valence-corrected chi connectivity index (χ1v) is 10.8. The molecule has 2 aromatic rings. The molecule has 1 aliphatic heterocycles. The molecular weight excluding hydrogens is 376 g/mol. The van der Waals surface area contributed by atoms with Gasteiger partial charge in [-0.3, -0.25) is 4.90 Å². The number of anilines is 1. The molecule has 0 radical (unpaired) electrons. The molecule has 0 bridgehead atoms. The van der Waals surface area contributed by atoms with Crippen LogP contribution < -0.4 is 20.1 Å². The SMILES string of the molecule is CCNC(=NCc1ccccc1CN1CCCCC1)Nc1ccc(OC)c(OC)c1. The Bertz CT molecular complexity index is 832. The second-order valence-electron chi connectivity index (χ2n) is 7.50. The lowest BCUT2D eigenvalue weighted by atomic mass is 10.1. The summed E-state index contributed by atoms with van der Waals surface area (Å²) in [6, 6.07) is 14.4. The minimum Gasteiger partial charge on any atom is -0.493 e. The van der Waals surface area contributed by atoms with Crippen molar-refractivity contribution in [3.63, 3.8) is 0 Å². The Kier molecular flexibility index (Phi) is 8.39. The fourth-order valence-corrected chi connectivity index (χ4v) is 3.75. The highest BCUT2D eigenvalue weighted by Crippen LogP contribution is 2.29. The molecule has 0 unspecified atom stereocenters. The van der Waals surface area contributed by atoms with Crippen LogP contribution in [0.15, 0.2) is 47.5 Å². The van der Waals surface area contributed by atoms with E-state index in [1.54, 1.807) is 14.2 Å². The van der Waals surface area contributed by atoms with E-state index >= 15 is 0 Å². The zero-order valence-corrected chi connectivity index (χ0v) is 18.4. The van der Waals surface area contributed by atoms with E-state index in [9.17, 15) is 0 Å². The third-order valence-corrected chi connectivity index (χ3v) is 5.36. The number of aliphatic imine (C=N–C) groups is 1. The number of nitrogens with zero attached hydrogens (tertiary/aromatic N) is 2. The molecule has 6 nitrogen and oxygen atoms in total. The third-order valence-electron chi connectivity index (χ3n) is 5.36. The van der Waals surface area contributed by atoms with Gasteiger partial charge in [-0.15, -0.1) is 0 Å². The zero-order valence-electron chi connectivity index (χ0n) is 18.4. The number of likely N-dealkylation sites (tertiary alicyclic amines) is 1. The summed E-state index contributed by atoms with van der Waals surface area (Å²) in [7, 11) is 3.28. The number of ether oxygens (including phenoxy) is 2. The Morgan fingerprint density at radius 3 is 2.40 bits per heavy atom. The maximum atomic E-state index is 5.41. The number of guanidine groups is 1. The van der Waals surface area contributed by atoms with E-state index in [4.69, 9.17) is 14.5 Å². The van der Waals surface area contributed by atoms with Crippen molar-refractivity contribution in [1.82, 2.24) is 10.2 Å². The molecular formula is C24H34N4O2. The quantitative estimate of drug-likeness (QED) is 0.503. The number of methoxy groups -OCH3 is 2. The van der Waals surface area contributed by atoms with Gasteiger partial charge in [0, 0.05) is 24.8 Å². The Morgan fingerprint density at radius 2 is 1.70 bits per heavy atom. The number of piperidine rings is 1. The summed E-state index contributed by atoms with van der Waals surface area (Å²) < 4.78 is 10.7. The van der Waals surface area contributed by atoms with Crippen LogP contribution in [0.4, 0.5) is 5.69 Å². The van der Waals surface area contributed by atoms with Gasteiger partial charge < -0.3 is 20.1 Å². The summed E-state index contributed by atoms with van der Waals surface area (Å²) in [5.41, 5.74) is 3.53. The van der Waals surface area contributed by atoms with Gasteiger partial charge in [0.05, 0.1) is 20.8 Å². The summed E-state index contributed by atoms with van der Waals surface area (Å²) in [5, 5.41) is 6.69. The van der Waals surface area contributed by atoms with Gasteiger partial charge in [0.25, 0.3) is 0 Å². The number of benzene rings is 2. The van der Waals surface area contributed by atoms with Crippen molar-refractivity contribution in [1.29, 1.82) is 0 Å². The minimum atomic E-state index is 0.632. The highest BCUT2D eigenvalue weighted by atomic mass is 16.5. The van der Waals surface area contributed by atoms with Crippen LogP contribution in [0.25, 0.3) is 0 Å². The van der Waals surface area contributed by atoms with Crippen molar-refractivity contribution in [2.45, 2.75) is 39.3 Å². The van der Waals surface area contributed by atoms with Crippen LogP contribution in [0.2, 0.25) is 0 Å². The molecule has 30 heavy (non-hydrogen) atoms. The largest absolute Gasteiger partial charge is 0.493 e. The monoisotopic (exact) mass is 410 g/mol. The van der Waals surface area contributed by atoms with Gasteiger partial charge in [0.2, 0.25) is 0 Å². The average Bonchev–Trinajstić information content (AvgIpc) is 2.79. The second-order valence-corrected chi connectivity index (χ2v) is 7.50. The van der Waals surface area contributed by atoms with E-state index in [1.807, 2.05) is 18.2 Å². The van der Waals surface area contributed by atoms with E-state index in [0.717, 1.165) is 24.7 Å². The summed E-state index contributed by atoms with van der Waals surface area (Å²) in [6.07, 6.45) is 3.97. The van der Waals surface area contributed by atoms with Gasteiger partial charge in [-0.1, -0.05) is 30.7 Å². The van der Waals surface area contributed by atoms with E-state index in [-0.39, 0.29) is 0 Å². The molecule has 0 aromatic heterocycles. The lowest BCUT2D eigenvalue weighted by Crippen LogP contribution is -2.31. The van der Waals surface area contributed by atoms with Crippen LogP contribution in [0, 0.1) is 0 Å². The van der Waals surface area contributed by atoms with E-state index < -0.39 is 0 Å². The van der Waals surface area contributed by atoms with Crippen LogP contribution in [-0.2, 0) is 13.1 Å². The Balaban J connectivity index is 1.72. The topological polar surface area (TPSA) is 58.1 Å². The fraction of sp³-hybridized carbons (Fsp3) is 0.458. The number of hydrogen-bond acceptors (Lipinski definition) is 4. The molecule has 1 aliphatic rings. The number of nitrogens with one attached hydrogen (secondary N) is 2. The van der Waals surface area contributed by atoms with Crippen molar-refractivity contribution in [3.05, 3.63) is 53.6 Å². The number of rotatable bonds is 8. The Morgan fingerprint density at radius 1 is 0.967 bits per heavy atom. The smallest absolute Gasteiger partial charge is 0.196 e. The molecule has 3 rings (SSSR count). The first kappa shape index (κ1) is 22.0. The molecule has 162 valence electrons. The molecule has 0 saturated carbocycles. The predicted octanol–water partition coefficient (Wildman–Crippen LogP) is 4.27. The third kappa shape index (κ3) is 6.13. The highest BCUT2D eigenvalue weighted by molar-refractivity contribution is 5.93. The fourth-order valence-electron chi connectivity index (χ4n) is 3.75. The molecule has 2 aromatic carbocycles. The standard InChI is InChI=1S/C24H34N4O2/c1-4-25-24(27-21-12-13-22(29-2)23(16-21)30-3)26-17-19-10-6-7-11-20(19)18-28-14-8-5-9-15-28/h6-7,10-13,16H,4-5,8-9,14-15,17-18H2,1-3H3,(H2,25,26,27). The lowest BCUT2D eigenvalue weighted by Gasteiger charge is -2.27. The second kappa shape index (κ2) is 11.5. The van der Waals surface area contributed by atoms with Crippen molar-refractivity contribution in [3.8, 4) is 11.5 Å². The van der Waals surface area contributed by atoms with E-state index in [0.29, 0.717) is 18.0 Å². The van der Waals surface area contributed by atoms with Gasteiger partial charge in [0.15, 0.2) is 17.5 Å². The van der Waals surface area contributed by atoms with Crippen molar-refractivity contribution >= 4 is 11.6 Å². The molecule has 0 aliphatic carbocycles. The summed E-state index contributed by atoms with van der Waals surface area (Å²) in [5.74, 6) is 2.14. The molecule has 1 saturated heterocycles. The molecule has 0 atom stereocenters. The van der Waals surface area contributed by atoms with Crippen LogP contribution in [0.1, 0.15) is 37.3 Å². The molecule has 2 N–H and O–H groups in total. The Labute approximate surface area is 180 Å². The average molecular weight is 411 g/mol. The van der Waals surface area contributed by atoms with Gasteiger partial charge in [-0.25, -0.2) is 4.99 Å². The molecule has 0 spiro atoms. The maximum Gasteiger partial charge on any atom is 0.196 e. The van der Waals surface area contributed by atoms with Crippen molar-refractivity contribution < 1.29 is 9.47 Å². The summed E-state index contributed by atoms with van der Waals surface area (Å²) in [6.45, 7) is 6.88. The van der Waals surface area contributed by atoms with Gasteiger partial charge in [-0.2, -0.15) is 0 Å². The lowest BCUT2D eigenvalue weighted by molar-refractivity contribution is 0.220. The summed E-state index contributed by atoms with van der Waals surface area (Å²) >= 11 is 0. The first-order chi connectivity index (χ1) is 14.7. The molecule has 1 heterocycles. The molecule has 1 fully saturated rings. The molecule has 0 amide bonds. The zero-order chi connectivity index (χ0) is 21.2. The Hall–Kier alpha value is -2.73. The predicted molar refractivity (Wildman–Crippen MR) is 124 cm³/mol. The van der Waals surface area contributed by atoms with Gasteiger partial charge in [0.1, 0.15) is 0 Å². The normalized spacial score (nSPS) is 15.0. The molecule has 6 heteroatoms. The van der Waals surface area contributed by atoms with Crippen LogP contribution in [0.3, 0.4) is 0 Å². The first-order valence-electron chi connectivity index (χ1n) is 10.8. The van der Waals surface area contributed by atoms with Gasteiger partial charge >= 0.3 is 0 Å². The minimum absolute atomic E-state index is 0.632. The van der Waals surface area contributed by atoms with E-state index in [1.165, 1.54) is 43.5 Å². The van der Waals surface area contributed by atoms with Crippen LogP contribution in [0.5, 0.6) is 11.5 Å². The summed E-state index contributed by atoms with van der Waals surface area (Å²) in [4.78, 5) is 7.39. The number of hydrogen-bond donors (Lipinski definition) is 2.